The Hall–Kier alpha value is -0.900. The fourth-order valence-electron chi connectivity index (χ4n) is 6.31. The Labute approximate surface area is 192 Å². The van der Waals surface area contributed by atoms with Gasteiger partial charge in [-0.25, -0.2) is 0 Å². The van der Waals surface area contributed by atoms with Gasteiger partial charge in [0.25, 0.3) is 0 Å². The van der Waals surface area contributed by atoms with E-state index in [1.807, 2.05) is 19.9 Å². The zero-order valence-corrected chi connectivity index (χ0v) is 19.2. The summed E-state index contributed by atoms with van der Waals surface area (Å²) in [7, 11) is 0. The number of hydrogen-bond acceptors (Lipinski definition) is 3. The maximum atomic E-state index is 10.1. The highest BCUT2D eigenvalue weighted by Crippen LogP contribution is 2.60. The van der Waals surface area contributed by atoms with Gasteiger partial charge in [-0.05, 0) is 93.1 Å². The largest absolute Gasteiger partial charge is 0.393 e. The molecule has 0 saturated heterocycles. The zero-order chi connectivity index (χ0) is 27.2. The summed E-state index contributed by atoms with van der Waals surface area (Å²) in [5.41, 5.74) is 1.30. The van der Waals surface area contributed by atoms with Crippen LogP contribution < -0.4 is 0 Å². The molecule has 0 spiro atoms. The van der Waals surface area contributed by atoms with E-state index in [1.165, 1.54) is 18.4 Å². The fourth-order valence-corrected chi connectivity index (χ4v) is 6.31. The van der Waals surface area contributed by atoms with Gasteiger partial charge in [-0.3, -0.25) is 0 Å². The summed E-state index contributed by atoms with van der Waals surface area (Å²) < 4.78 is 48.0. The highest BCUT2D eigenvalue weighted by molar-refractivity contribution is 5.38. The number of allylic oxidation sites excluding steroid dienone is 3. The van der Waals surface area contributed by atoms with E-state index in [9.17, 15) is 5.11 Å². The molecule has 6 atom stereocenters. The van der Waals surface area contributed by atoms with Crippen LogP contribution in [0.3, 0.4) is 0 Å². The van der Waals surface area contributed by atoms with Crippen LogP contribution in [0.25, 0.3) is 0 Å². The second-order valence-corrected chi connectivity index (χ2v) is 10.7. The zero-order valence-electron chi connectivity index (χ0n) is 25.2. The van der Waals surface area contributed by atoms with E-state index in [-0.39, 0.29) is 17.4 Å². The van der Waals surface area contributed by atoms with Crippen molar-refractivity contribution in [2.45, 2.75) is 110 Å². The summed E-state index contributed by atoms with van der Waals surface area (Å²) >= 11 is 0. The third kappa shape index (κ3) is 5.29. The normalized spacial score (nSPS) is 48.2. The summed E-state index contributed by atoms with van der Waals surface area (Å²) in [6, 6.07) is 0. The standard InChI is InChI=1S/C27H44O3/c1-18(8-6-14-26(3,4)30)23-12-13-24-20(9-7-15-27(23,24)5)10-11-21-16-22(28)17-25(29)19(21)2/h10-11,18,22-25,28-30H,2,6-9,12-17H2,1,3-5H3/b20-10+,21-11?/t18-,22-,23-,24?,25+,27-/m1/s1/i17D2,22D,25D,28D,29D. The summed E-state index contributed by atoms with van der Waals surface area (Å²) in [5, 5.41) is 19.0. The molecular formula is C27H44O3. The first-order valence-corrected chi connectivity index (χ1v) is 11.7. The van der Waals surface area contributed by atoms with Crippen molar-refractivity contribution in [3.63, 3.8) is 0 Å². The van der Waals surface area contributed by atoms with Gasteiger partial charge < -0.3 is 15.3 Å². The predicted octanol–water partition coefficient (Wildman–Crippen LogP) is 5.70. The molecule has 1 unspecified atom stereocenters. The van der Waals surface area contributed by atoms with Gasteiger partial charge in [0.2, 0.25) is 2.86 Å². The second kappa shape index (κ2) is 9.30. The molecule has 0 aromatic carbocycles. The van der Waals surface area contributed by atoms with E-state index in [2.05, 4.69) is 30.6 Å². The average molecular weight is 423 g/mol. The van der Waals surface area contributed by atoms with Gasteiger partial charge in [-0.1, -0.05) is 51.0 Å². The summed E-state index contributed by atoms with van der Waals surface area (Å²) in [4.78, 5) is 0. The number of aliphatic hydroxyl groups is 3. The molecule has 3 N–H and O–H groups in total. The van der Waals surface area contributed by atoms with Crippen molar-refractivity contribution in [3.8, 4) is 0 Å². The maximum Gasteiger partial charge on any atom is 0.211 e. The van der Waals surface area contributed by atoms with Crippen LogP contribution in [-0.2, 0) is 0 Å². The first-order chi connectivity index (χ1) is 16.6. The van der Waals surface area contributed by atoms with Crippen LogP contribution in [0.5, 0.6) is 0 Å². The van der Waals surface area contributed by atoms with Gasteiger partial charge in [0, 0.05) is 9.11 Å². The lowest BCUT2D eigenvalue weighted by molar-refractivity contribution is 0.0596. The Morgan fingerprint density at radius 2 is 2.17 bits per heavy atom. The highest BCUT2D eigenvalue weighted by atomic mass is 16.3. The summed E-state index contributed by atoms with van der Waals surface area (Å²) in [5.74, 6) is 1.64. The van der Waals surface area contributed by atoms with Gasteiger partial charge in [-0.15, -0.1) is 0 Å². The minimum absolute atomic E-state index is 0.0115. The van der Waals surface area contributed by atoms with Gasteiger partial charge in [0.05, 0.1) is 20.5 Å². The first-order valence-electron chi connectivity index (χ1n) is 14.5. The minimum Gasteiger partial charge on any atom is -0.393 e. The van der Waals surface area contributed by atoms with Crippen LogP contribution in [0.4, 0.5) is 0 Å². The van der Waals surface area contributed by atoms with Crippen molar-refractivity contribution >= 4 is 0 Å². The molecule has 170 valence electrons. The van der Waals surface area contributed by atoms with E-state index in [0.29, 0.717) is 23.3 Å². The van der Waals surface area contributed by atoms with Crippen LogP contribution in [-0.4, -0.2) is 35.9 Å². The van der Waals surface area contributed by atoms with E-state index < -0.39 is 24.1 Å². The predicted molar refractivity (Wildman–Crippen MR) is 124 cm³/mol. The molecule has 0 aromatic rings. The highest BCUT2D eigenvalue weighted by Gasteiger charge is 2.50. The van der Waals surface area contributed by atoms with E-state index in [0.717, 1.165) is 38.5 Å². The lowest BCUT2D eigenvalue weighted by Crippen LogP contribution is -2.36. The van der Waals surface area contributed by atoms with E-state index in [4.69, 9.17) is 8.35 Å². The van der Waals surface area contributed by atoms with Gasteiger partial charge in [0.1, 0.15) is 0 Å². The van der Waals surface area contributed by atoms with Crippen LogP contribution >= 0.6 is 0 Å². The quantitative estimate of drug-likeness (QED) is 0.470. The third-order valence-electron chi connectivity index (χ3n) is 7.94. The van der Waals surface area contributed by atoms with Crippen LogP contribution in [0, 0.1) is 23.2 Å². The summed E-state index contributed by atoms with van der Waals surface area (Å²) in [6.07, 6.45) is 4.36. The molecule has 0 radical (unpaired) electrons. The van der Waals surface area contributed by atoms with Gasteiger partial charge in [0.15, 0.2) is 0 Å². The molecule has 30 heavy (non-hydrogen) atoms. The van der Waals surface area contributed by atoms with Gasteiger partial charge in [-0.2, -0.15) is 0 Å². The smallest absolute Gasteiger partial charge is 0.211 e. The molecule has 3 heteroatoms. The third-order valence-corrected chi connectivity index (χ3v) is 7.94. The molecule has 0 aliphatic heterocycles. The maximum absolute atomic E-state index is 10.1. The average Bonchev–Trinajstić information content (AvgIpc) is 3.16. The molecule has 3 fully saturated rings. The van der Waals surface area contributed by atoms with Crippen molar-refractivity contribution in [2.24, 2.45) is 23.2 Å². The lowest BCUT2D eigenvalue weighted by Gasteiger charge is -2.44. The molecule has 3 saturated carbocycles. The van der Waals surface area contributed by atoms with Crippen molar-refractivity contribution in [1.29, 1.82) is 2.86 Å². The number of rotatable bonds is 8. The van der Waals surface area contributed by atoms with Crippen LogP contribution in [0.1, 0.15) is 97.3 Å². The minimum atomic E-state index is -2.76. The van der Waals surface area contributed by atoms with Crippen LogP contribution in [0.15, 0.2) is 35.5 Å². The molecule has 3 nitrogen and oxygen atoms in total. The second-order valence-electron chi connectivity index (χ2n) is 10.7. The number of hydrogen-bond donors (Lipinski definition) is 3. The summed E-state index contributed by atoms with van der Waals surface area (Å²) in [6.45, 7) is 12.4. The van der Waals surface area contributed by atoms with Crippen molar-refractivity contribution < 1.29 is 20.8 Å². The Morgan fingerprint density at radius 3 is 2.87 bits per heavy atom. The van der Waals surface area contributed by atoms with E-state index in [1.54, 1.807) is 6.08 Å². The SMILES string of the molecule is [2H]O[C@]1([2H])CC(=C/C=C2\CCC[C@@]3(C)C2CC[C@@H]3[C@H](C)CCCC(C)(C)O)C(=C)[C@@]([2H])(O[2H])C1([2H])[2H]. The molecule has 3 aliphatic rings. The van der Waals surface area contributed by atoms with Crippen molar-refractivity contribution in [3.05, 3.63) is 35.5 Å². The fraction of sp³-hybridized carbons (Fsp3) is 0.778. The van der Waals surface area contributed by atoms with E-state index >= 15 is 0 Å². The Kier molecular flexibility index (Phi) is 5.18. The Bertz CT molecular complexity index is 896. The monoisotopic (exact) mass is 422 g/mol. The molecule has 0 heterocycles. The topological polar surface area (TPSA) is 60.7 Å². The molecule has 0 aromatic heterocycles. The molecular weight excluding hydrogens is 372 g/mol. The van der Waals surface area contributed by atoms with Crippen molar-refractivity contribution in [1.82, 2.24) is 0 Å². The number of fused-ring (bicyclic) bond motifs is 1. The first kappa shape index (κ1) is 16.7. The molecule has 3 rings (SSSR count). The van der Waals surface area contributed by atoms with Crippen LogP contribution in [0.2, 0.25) is 0 Å². The molecule has 0 bridgehead atoms. The van der Waals surface area contributed by atoms with Crippen molar-refractivity contribution in [2.75, 3.05) is 0 Å². The Balaban J connectivity index is 1.83. The van der Waals surface area contributed by atoms with Gasteiger partial charge >= 0.3 is 0 Å². The Morgan fingerprint density at radius 1 is 1.37 bits per heavy atom. The molecule has 0 amide bonds. The molecule has 3 aliphatic carbocycles. The lowest BCUT2D eigenvalue weighted by atomic mass is 9.60.